The highest BCUT2D eigenvalue weighted by molar-refractivity contribution is 7.16. The van der Waals surface area contributed by atoms with Crippen LogP contribution in [-0.2, 0) is 13.0 Å². The molecule has 0 unspecified atom stereocenters. The number of thiazole rings is 1. The van der Waals surface area contributed by atoms with E-state index in [4.69, 9.17) is 29.0 Å². The first-order valence-electron chi connectivity index (χ1n) is 15.0. The molecule has 2 heterocycles. The molecule has 0 aliphatic heterocycles. The minimum Gasteiger partial charge on any atom is -0.493 e. The summed E-state index contributed by atoms with van der Waals surface area (Å²) in [4.78, 5) is 19.8. The Morgan fingerprint density at radius 2 is 1.40 bits per heavy atom. The molecule has 0 fully saturated rings. The van der Waals surface area contributed by atoms with Crippen LogP contribution >= 0.6 is 11.3 Å². The van der Waals surface area contributed by atoms with Crippen LogP contribution in [0, 0.1) is 0 Å². The molecule has 47 heavy (non-hydrogen) atoms. The average molecular weight is 645 g/mol. The van der Waals surface area contributed by atoms with Crippen molar-refractivity contribution >= 4 is 22.4 Å². The first-order valence-corrected chi connectivity index (χ1v) is 15.8. The number of hydrogen-bond acceptors (Lipinski definition) is 8. The lowest BCUT2D eigenvalue weighted by Gasteiger charge is -2.11. The van der Waals surface area contributed by atoms with Gasteiger partial charge in [-0.15, -0.1) is 11.3 Å². The Kier molecular flexibility index (Phi) is 8.09. The Balaban J connectivity index is 1.16. The highest BCUT2D eigenvalue weighted by Gasteiger charge is 2.26. The number of fused-ring (bicyclic) bond motifs is 3. The van der Waals surface area contributed by atoms with Crippen molar-refractivity contribution in [2.75, 3.05) is 33.8 Å². The predicted octanol–water partition coefficient (Wildman–Crippen LogP) is 7.58. The fourth-order valence-corrected chi connectivity index (χ4v) is 6.87. The van der Waals surface area contributed by atoms with Crippen LogP contribution in [0.5, 0.6) is 23.0 Å². The summed E-state index contributed by atoms with van der Waals surface area (Å²) >= 11 is 1.49. The van der Waals surface area contributed by atoms with Gasteiger partial charge in [0.2, 0.25) is 0 Å². The third kappa shape index (κ3) is 5.79. The summed E-state index contributed by atoms with van der Waals surface area (Å²) < 4.78 is 23.6. The van der Waals surface area contributed by atoms with E-state index in [1.54, 1.807) is 39.3 Å². The van der Waals surface area contributed by atoms with Gasteiger partial charge in [-0.1, -0.05) is 54.6 Å². The number of anilines is 1. The molecule has 0 atom stereocenters. The van der Waals surface area contributed by atoms with Gasteiger partial charge in [-0.05, 0) is 52.6 Å². The highest BCUT2D eigenvalue weighted by atomic mass is 32.1. The summed E-state index contributed by atoms with van der Waals surface area (Å²) in [5, 5.41) is 8.43. The van der Waals surface area contributed by atoms with Crippen LogP contribution in [0.15, 0.2) is 91.1 Å². The van der Waals surface area contributed by atoms with Gasteiger partial charge in [0.15, 0.2) is 28.1 Å². The van der Waals surface area contributed by atoms with E-state index >= 15 is 0 Å². The Morgan fingerprint density at radius 3 is 2.11 bits per heavy atom. The number of carbonyl (C=O) groups is 1. The van der Waals surface area contributed by atoms with Crippen molar-refractivity contribution < 1.29 is 23.7 Å². The van der Waals surface area contributed by atoms with Crippen LogP contribution < -0.4 is 24.3 Å². The number of ether oxygens (including phenoxy) is 4. The molecule has 1 N–H and O–H groups in total. The van der Waals surface area contributed by atoms with Gasteiger partial charge >= 0.3 is 0 Å². The first-order chi connectivity index (χ1) is 23.0. The maximum absolute atomic E-state index is 13.9. The Morgan fingerprint density at radius 1 is 0.766 bits per heavy atom. The van der Waals surface area contributed by atoms with Crippen molar-refractivity contribution in [3.63, 3.8) is 0 Å². The standard InChI is InChI=1S/C37H32N4O5S/c1-43-29-14-11-24(17-31(29)45-3)23-10-13-27-26(16-23)19-33-35(27)38-37(47-33)39-36(42)28-21-41(20-22-8-6-5-7-9-22)40-34(28)25-12-15-30(44-2)32(18-25)46-4/h5-18,21H,19-20H2,1-4H3,(H,38,39,42). The van der Waals surface area contributed by atoms with E-state index < -0.39 is 0 Å². The zero-order valence-corrected chi connectivity index (χ0v) is 27.2. The van der Waals surface area contributed by atoms with Gasteiger partial charge in [0.25, 0.3) is 5.91 Å². The summed E-state index contributed by atoms with van der Waals surface area (Å²) in [6, 6.07) is 27.8. The van der Waals surface area contributed by atoms with Gasteiger partial charge < -0.3 is 18.9 Å². The van der Waals surface area contributed by atoms with Gasteiger partial charge in [-0.2, -0.15) is 5.10 Å². The molecule has 236 valence electrons. The lowest BCUT2D eigenvalue weighted by Crippen LogP contribution is -2.12. The average Bonchev–Trinajstić information content (AvgIpc) is 3.80. The van der Waals surface area contributed by atoms with Crippen molar-refractivity contribution in [2.24, 2.45) is 0 Å². The lowest BCUT2D eigenvalue weighted by molar-refractivity contribution is 0.102. The topological polar surface area (TPSA) is 96.7 Å². The second kappa shape index (κ2) is 12.6. The SMILES string of the molecule is COc1ccc(-c2ccc3c(c2)Cc2sc(NC(=O)c4cn(Cc5ccccc5)nc4-c4ccc(OC)c(OC)c4)nc2-3)cc1OC. The van der Waals surface area contributed by atoms with E-state index in [0.29, 0.717) is 45.9 Å². The summed E-state index contributed by atoms with van der Waals surface area (Å²) in [5.41, 5.74) is 8.08. The smallest absolute Gasteiger partial charge is 0.261 e. The molecule has 1 aliphatic rings. The fraction of sp³-hybridized carbons (Fsp3) is 0.162. The number of aromatic nitrogens is 3. The largest absolute Gasteiger partial charge is 0.493 e. The van der Waals surface area contributed by atoms with Crippen molar-refractivity contribution in [3.05, 3.63) is 113 Å². The van der Waals surface area contributed by atoms with Crippen LogP contribution in [0.4, 0.5) is 5.13 Å². The van der Waals surface area contributed by atoms with E-state index in [1.807, 2.05) is 66.7 Å². The minimum atomic E-state index is -0.287. The third-order valence-corrected chi connectivity index (χ3v) is 9.17. The molecule has 10 heteroatoms. The van der Waals surface area contributed by atoms with Crippen LogP contribution in [0.2, 0.25) is 0 Å². The van der Waals surface area contributed by atoms with Crippen molar-refractivity contribution in [3.8, 4) is 56.6 Å². The zero-order valence-electron chi connectivity index (χ0n) is 26.4. The molecule has 7 rings (SSSR count). The number of rotatable bonds is 10. The van der Waals surface area contributed by atoms with Gasteiger partial charge in [-0.25, -0.2) is 4.98 Å². The molecule has 6 aromatic rings. The molecular formula is C37H32N4O5S. The summed E-state index contributed by atoms with van der Waals surface area (Å²) in [5.74, 6) is 2.24. The molecule has 2 aromatic heterocycles. The molecule has 0 saturated heterocycles. The molecule has 0 bridgehead atoms. The highest BCUT2D eigenvalue weighted by Crippen LogP contribution is 2.43. The van der Waals surface area contributed by atoms with Crippen molar-refractivity contribution in [1.29, 1.82) is 0 Å². The maximum atomic E-state index is 13.9. The number of hydrogen-bond donors (Lipinski definition) is 1. The van der Waals surface area contributed by atoms with Crippen molar-refractivity contribution in [2.45, 2.75) is 13.0 Å². The minimum absolute atomic E-state index is 0.287. The Bertz CT molecular complexity index is 2100. The quantitative estimate of drug-likeness (QED) is 0.164. The van der Waals surface area contributed by atoms with E-state index in [0.717, 1.165) is 44.8 Å². The normalized spacial score (nSPS) is 11.5. The molecule has 1 amide bonds. The van der Waals surface area contributed by atoms with E-state index in [-0.39, 0.29) is 5.91 Å². The zero-order chi connectivity index (χ0) is 32.5. The second-order valence-corrected chi connectivity index (χ2v) is 12.1. The Hall–Kier alpha value is -5.61. The second-order valence-electron chi connectivity index (χ2n) is 11.0. The van der Waals surface area contributed by atoms with E-state index in [1.165, 1.54) is 16.9 Å². The van der Waals surface area contributed by atoms with Crippen LogP contribution in [0.3, 0.4) is 0 Å². The van der Waals surface area contributed by atoms with E-state index in [2.05, 4.69) is 23.5 Å². The number of methoxy groups -OCH3 is 4. The molecule has 1 aliphatic carbocycles. The van der Waals surface area contributed by atoms with Gasteiger partial charge in [0.1, 0.15) is 5.69 Å². The number of amides is 1. The third-order valence-electron chi connectivity index (χ3n) is 8.20. The Labute approximate surface area is 276 Å². The number of carbonyl (C=O) groups excluding carboxylic acids is 1. The van der Waals surface area contributed by atoms with Crippen LogP contribution in [0.1, 0.15) is 26.4 Å². The van der Waals surface area contributed by atoms with Gasteiger partial charge in [0.05, 0.1) is 46.2 Å². The summed E-state index contributed by atoms with van der Waals surface area (Å²) in [7, 11) is 6.44. The maximum Gasteiger partial charge on any atom is 0.261 e. The lowest BCUT2D eigenvalue weighted by atomic mass is 10.00. The summed E-state index contributed by atoms with van der Waals surface area (Å²) in [6.07, 6.45) is 2.52. The number of nitrogens with one attached hydrogen (secondary N) is 1. The molecule has 4 aromatic carbocycles. The molecule has 0 radical (unpaired) electrons. The van der Waals surface area contributed by atoms with Crippen LogP contribution in [-0.4, -0.2) is 49.1 Å². The molecule has 9 nitrogen and oxygen atoms in total. The number of benzene rings is 4. The van der Waals surface area contributed by atoms with Gasteiger partial charge in [-0.3, -0.25) is 14.8 Å². The molecular weight excluding hydrogens is 612 g/mol. The fourth-order valence-electron chi connectivity index (χ4n) is 5.87. The first kappa shape index (κ1) is 30.1. The van der Waals surface area contributed by atoms with Crippen LogP contribution in [0.25, 0.3) is 33.6 Å². The summed E-state index contributed by atoms with van der Waals surface area (Å²) in [6.45, 7) is 0.516. The van der Waals surface area contributed by atoms with Gasteiger partial charge in [0, 0.05) is 28.6 Å². The molecule has 0 saturated carbocycles. The predicted molar refractivity (Wildman–Crippen MR) is 183 cm³/mol. The molecule has 0 spiro atoms. The van der Waals surface area contributed by atoms with E-state index in [9.17, 15) is 4.79 Å². The monoisotopic (exact) mass is 644 g/mol. The van der Waals surface area contributed by atoms with Crippen molar-refractivity contribution in [1.82, 2.24) is 14.8 Å². The number of nitrogens with zero attached hydrogens (tertiary/aromatic N) is 3.